The van der Waals surface area contributed by atoms with Crippen molar-refractivity contribution in [3.05, 3.63) is 77.9 Å². The molecular weight excluding hydrogens is 333 g/mol. The largest absolute Gasteiger partial charge is 0.484 e. The number of para-hydroxylation sites is 1. The fourth-order valence-corrected chi connectivity index (χ4v) is 2.74. The van der Waals surface area contributed by atoms with Crippen molar-refractivity contribution in [2.24, 2.45) is 0 Å². The van der Waals surface area contributed by atoms with Crippen LogP contribution in [0.5, 0.6) is 5.75 Å². The van der Waals surface area contributed by atoms with Crippen LogP contribution in [0, 0.1) is 12.7 Å². The number of carbonyl (C=O) groups is 1. The zero-order valence-electron chi connectivity index (χ0n) is 14.6. The number of carbonyl (C=O) groups excluding carboxylic acids is 1. The Balaban J connectivity index is 1.62. The molecule has 0 saturated heterocycles. The molecular formula is C20H20FN3O2. The summed E-state index contributed by atoms with van der Waals surface area (Å²) in [5.41, 5.74) is 2.84. The molecule has 0 aliphatic carbocycles. The highest BCUT2D eigenvalue weighted by molar-refractivity contribution is 5.78. The van der Waals surface area contributed by atoms with Gasteiger partial charge in [-0.15, -0.1) is 0 Å². The third-order valence-corrected chi connectivity index (χ3v) is 4.06. The Bertz CT molecular complexity index is 893. The molecule has 0 aliphatic heterocycles. The van der Waals surface area contributed by atoms with Gasteiger partial charge in [0.1, 0.15) is 11.6 Å². The molecule has 0 saturated carbocycles. The first kappa shape index (κ1) is 17.7. The summed E-state index contributed by atoms with van der Waals surface area (Å²) in [7, 11) is 0. The van der Waals surface area contributed by atoms with Crippen LogP contribution in [0.4, 0.5) is 4.39 Å². The van der Waals surface area contributed by atoms with Crippen LogP contribution in [0.25, 0.3) is 5.69 Å². The predicted molar refractivity (Wildman–Crippen MR) is 96.8 cm³/mol. The van der Waals surface area contributed by atoms with E-state index in [4.69, 9.17) is 4.74 Å². The van der Waals surface area contributed by atoms with Gasteiger partial charge in [-0.05, 0) is 38.1 Å². The van der Waals surface area contributed by atoms with Gasteiger partial charge in [0.05, 0.1) is 17.9 Å². The lowest BCUT2D eigenvalue weighted by molar-refractivity contribution is -0.123. The Morgan fingerprint density at radius 1 is 1.23 bits per heavy atom. The maximum absolute atomic E-state index is 13.1. The first-order valence-corrected chi connectivity index (χ1v) is 8.32. The fraction of sp³-hybridized carbons (Fsp3) is 0.200. The summed E-state index contributed by atoms with van der Waals surface area (Å²) < 4.78 is 20.3. The molecule has 5 nitrogen and oxygen atoms in total. The Kier molecular flexibility index (Phi) is 5.31. The van der Waals surface area contributed by atoms with E-state index in [2.05, 4.69) is 10.4 Å². The molecule has 1 N–H and O–H groups in total. The van der Waals surface area contributed by atoms with Crippen LogP contribution >= 0.6 is 0 Å². The van der Waals surface area contributed by atoms with Crippen LogP contribution in [0.15, 0.2) is 60.8 Å². The van der Waals surface area contributed by atoms with Crippen molar-refractivity contribution in [1.82, 2.24) is 15.1 Å². The molecule has 3 aromatic rings. The normalized spacial score (nSPS) is 11.8. The minimum atomic E-state index is -0.403. The number of amides is 1. The summed E-state index contributed by atoms with van der Waals surface area (Å²) in [5.74, 6) is -0.366. The van der Waals surface area contributed by atoms with E-state index in [-0.39, 0.29) is 18.6 Å². The minimum Gasteiger partial charge on any atom is -0.484 e. The highest BCUT2D eigenvalue weighted by Crippen LogP contribution is 2.20. The molecule has 1 atom stereocenters. The number of nitrogens with one attached hydrogen (secondary N) is 1. The van der Waals surface area contributed by atoms with Crippen molar-refractivity contribution in [2.45, 2.75) is 19.9 Å². The molecule has 0 fully saturated rings. The van der Waals surface area contributed by atoms with Gasteiger partial charge in [-0.2, -0.15) is 5.10 Å². The van der Waals surface area contributed by atoms with Gasteiger partial charge in [-0.25, -0.2) is 9.07 Å². The van der Waals surface area contributed by atoms with Crippen molar-refractivity contribution < 1.29 is 13.9 Å². The molecule has 0 spiro atoms. The third kappa shape index (κ3) is 4.08. The molecule has 1 aromatic heterocycles. The van der Waals surface area contributed by atoms with Gasteiger partial charge in [0.15, 0.2) is 6.61 Å². The SMILES string of the molecule is Cc1c(C(C)NC(=O)COc2cccc(F)c2)cnn1-c1ccccc1. The first-order valence-electron chi connectivity index (χ1n) is 8.32. The maximum atomic E-state index is 13.1. The van der Waals surface area contributed by atoms with Crippen molar-refractivity contribution in [2.75, 3.05) is 6.61 Å². The summed E-state index contributed by atoms with van der Waals surface area (Å²) in [4.78, 5) is 12.1. The second-order valence-electron chi connectivity index (χ2n) is 5.97. The van der Waals surface area contributed by atoms with Gasteiger partial charge >= 0.3 is 0 Å². The van der Waals surface area contributed by atoms with Crippen LogP contribution in [0.3, 0.4) is 0 Å². The molecule has 0 radical (unpaired) electrons. The molecule has 0 bridgehead atoms. The standard InChI is InChI=1S/C20H20FN3O2/c1-14(23-20(25)13-26-18-10-6-7-16(21)11-18)19-12-22-24(15(19)2)17-8-4-3-5-9-17/h3-12,14H,13H2,1-2H3,(H,23,25). The zero-order chi connectivity index (χ0) is 18.5. The molecule has 1 heterocycles. The number of ether oxygens (including phenoxy) is 1. The average Bonchev–Trinajstić information content (AvgIpc) is 3.02. The van der Waals surface area contributed by atoms with E-state index in [0.29, 0.717) is 5.75 Å². The maximum Gasteiger partial charge on any atom is 0.258 e. The molecule has 0 aliphatic rings. The minimum absolute atomic E-state index is 0.181. The summed E-state index contributed by atoms with van der Waals surface area (Å²) >= 11 is 0. The lowest BCUT2D eigenvalue weighted by Gasteiger charge is -2.14. The highest BCUT2D eigenvalue weighted by atomic mass is 19.1. The molecule has 3 rings (SSSR count). The van der Waals surface area contributed by atoms with Crippen LogP contribution < -0.4 is 10.1 Å². The predicted octanol–water partition coefficient (Wildman–Crippen LogP) is 3.58. The van der Waals surface area contributed by atoms with Crippen molar-refractivity contribution in [1.29, 1.82) is 0 Å². The van der Waals surface area contributed by atoms with Crippen LogP contribution in [-0.4, -0.2) is 22.3 Å². The second-order valence-corrected chi connectivity index (χ2v) is 5.97. The Labute approximate surface area is 151 Å². The smallest absolute Gasteiger partial charge is 0.258 e. The van der Waals surface area contributed by atoms with Gasteiger partial charge < -0.3 is 10.1 Å². The molecule has 26 heavy (non-hydrogen) atoms. The molecule has 6 heteroatoms. The zero-order valence-corrected chi connectivity index (χ0v) is 14.6. The number of hydrogen-bond donors (Lipinski definition) is 1. The second kappa shape index (κ2) is 7.82. The molecule has 1 amide bonds. The number of benzene rings is 2. The number of aromatic nitrogens is 2. The van der Waals surface area contributed by atoms with E-state index >= 15 is 0 Å². The van der Waals surface area contributed by atoms with Gasteiger partial charge in [-0.3, -0.25) is 4.79 Å². The summed E-state index contributed by atoms with van der Waals surface area (Å²) in [6.45, 7) is 3.67. The van der Waals surface area contributed by atoms with Gasteiger partial charge in [-0.1, -0.05) is 24.3 Å². The topological polar surface area (TPSA) is 56.1 Å². The van der Waals surface area contributed by atoms with Gasteiger partial charge in [0.2, 0.25) is 0 Å². The summed E-state index contributed by atoms with van der Waals surface area (Å²) in [6, 6.07) is 15.3. The molecule has 1 unspecified atom stereocenters. The van der Waals surface area contributed by atoms with E-state index in [1.54, 1.807) is 12.3 Å². The number of halogens is 1. The summed E-state index contributed by atoms with van der Waals surface area (Å²) in [6.07, 6.45) is 1.75. The van der Waals surface area contributed by atoms with Crippen LogP contribution in [0.1, 0.15) is 24.2 Å². The quantitative estimate of drug-likeness (QED) is 0.737. The van der Waals surface area contributed by atoms with Crippen LogP contribution in [0.2, 0.25) is 0 Å². The monoisotopic (exact) mass is 353 g/mol. The van der Waals surface area contributed by atoms with E-state index in [9.17, 15) is 9.18 Å². The van der Waals surface area contributed by atoms with Crippen molar-refractivity contribution in [3.8, 4) is 11.4 Å². The first-order chi connectivity index (χ1) is 12.5. The Hall–Kier alpha value is -3.15. The number of hydrogen-bond acceptors (Lipinski definition) is 3. The fourth-order valence-electron chi connectivity index (χ4n) is 2.74. The van der Waals surface area contributed by atoms with E-state index < -0.39 is 5.82 Å². The van der Waals surface area contributed by atoms with Gasteiger partial charge in [0.25, 0.3) is 5.91 Å². The summed E-state index contributed by atoms with van der Waals surface area (Å²) in [5, 5.41) is 7.29. The highest BCUT2D eigenvalue weighted by Gasteiger charge is 2.16. The third-order valence-electron chi connectivity index (χ3n) is 4.06. The van der Waals surface area contributed by atoms with Crippen LogP contribution in [-0.2, 0) is 4.79 Å². The Morgan fingerprint density at radius 3 is 2.73 bits per heavy atom. The number of nitrogens with zero attached hydrogens (tertiary/aromatic N) is 2. The lowest BCUT2D eigenvalue weighted by atomic mass is 10.1. The van der Waals surface area contributed by atoms with Crippen molar-refractivity contribution in [3.63, 3.8) is 0 Å². The number of rotatable bonds is 6. The van der Waals surface area contributed by atoms with E-state index in [0.717, 1.165) is 16.9 Å². The average molecular weight is 353 g/mol. The van der Waals surface area contributed by atoms with E-state index in [1.807, 2.05) is 48.9 Å². The van der Waals surface area contributed by atoms with E-state index in [1.165, 1.54) is 18.2 Å². The Morgan fingerprint density at radius 2 is 2.00 bits per heavy atom. The van der Waals surface area contributed by atoms with Gasteiger partial charge in [0, 0.05) is 17.3 Å². The molecule has 2 aromatic carbocycles. The van der Waals surface area contributed by atoms with Crippen molar-refractivity contribution >= 4 is 5.91 Å². The molecule has 134 valence electrons. The lowest BCUT2D eigenvalue weighted by Crippen LogP contribution is -2.31.